The topological polar surface area (TPSA) is 80.6 Å². The fraction of sp³-hybridized carbons (Fsp3) is 0.231. The average Bonchev–Trinajstić information content (AvgIpc) is 2.74. The van der Waals surface area contributed by atoms with Crippen LogP contribution in [0.15, 0.2) is 33.8 Å². The van der Waals surface area contributed by atoms with Gasteiger partial charge in [0.1, 0.15) is 11.3 Å². The van der Waals surface area contributed by atoms with Gasteiger partial charge < -0.3 is 10.2 Å². The van der Waals surface area contributed by atoms with Crippen LogP contribution in [0, 0.1) is 0 Å². The summed E-state index contributed by atoms with van der Waals surface area (Å²) < 4.78 is 5.76. The SMILES string of the molecule is CCc1c(/C(C)=N\NC(N)=O)oc2ccccc12. The lowest BCUT2D eigenvalue weighted by atomic mass is 10.1. The maximum atomic E-state index is 10.6. The summed E-state index contributed by atoms with van der Waals surface area (Å²) in [6.07, 6.45) is 0.829. The van der Waals surface area contributed by atoms with Crippen LogP contribution in [-0.2, 0) is 6.42 Å². The lowest BCUT2D eigenvalue weighted by Gasteiger charge is -2.00. The Morgan fingerprint density at radius 2 is 2.17 bits per heavy atom. The molecule has 0 radical (unpaired) electrons. The van der Waals surface area contributed by atoms with Crippen molar-refractivity contribution < 1.29 is 9.21 Å². The van der Waals surface area contributed by atoms with Crippen LogP contribution in [0.3, 0.4) is 0 Å². The molecule has 0 saturated heterocycles. The molecule has 1 heterocycles. The van der Waals surface area contributed by atoms with Gasteiger partial charge in [-0.2, -0.15) is 5.10 Å². The normalized spacial score (nSPS) is 11.8. The molecule has 0 spiro atoms. The lowest BCUT2D eigenvalue weighted by Crippen LogP contribution is -2.25. The number of nitrogens with one attached hydrogen (secondary N) is 1. The Morgan fingerprint density at radius 3 is 2.83 bits per heavy atom. The van der Waals surface area contributed by atoms with Gasteiger partial charge in [-0.1, -0.05) is 25.1 Å². The van der Waals surface area contributed by atoms with E-state index in [1.807, 2.05) is 24.3 Å². The highest BCUT2D eigenvalue weighted by Crippen LogP contribution is 2.26. The molecule has 5 nitrogen and oxygen atoms in total. The Hall–Kier alpha value is -2.30. The molecular weight excluding hydrogens is 230 g/mol. The van der Waals surface area contributed by atoms with E-state index in [4.69, 9.17) is 10.2 Å². The summed E-state index contributed by atoms with van der Waals surface area (Å²) in [5.41, 5.74) is 9.68. The molecule has 2 rings (SSSR count). The number of para-hydroxylation sites is 1. The van der Waals surface area contributed by atoms with Crippen LogP contribution in [0.2, 0.25) is 0 Å². The van der Waals surface area contributed by atoms with Crippen molar-refractivity contribution in [2.45, 2.75) is 20.3 Å². The minimum absolute atomic E-state index is 0.599. The number of nitrogens with zero attached hydrogens (tertiary/aromatic N) is 1. The minimum Gasteiger partial charge on any atom is -0.454 e. The van der Waals surface area contributed by atoms with Crippen LogP contribution in [0.5, 0.6) is 0 Å². The molecule has 1 aromatic heterocycles. The number of fused-ring (bicyclic) bond motifs is 1. The van der Waals surface area contributed by atoms with Crippen LogP contribution in [0.4, 0.5) is 4.79 Å². The predicted molar refractivity (Wildman–Crippen MR) is 70.5 cm³/mol. The standard InChI is InChI=1S/C13H15N3O2/c1-3-9-10-6-4-5-7-11(10)18-12(9)8(2)15-16-13(14)17/h4-7H,3H2,1-2H3,(H3,14,16,17)/b15-8-. The molecule has 3 N–H and O–H groups in total. The zero-order valence-corrected chi connectivity index (χ0v) is 10.4. The first-order valence-corrected chi connectivity index (χ1v) is 5.74. The summed E-state index contributed by atoms with van der Waals surface area (Å²) >= 11 is 0. The molecule has 0 fully saturated rings. The van der Waals surface area contributed by atoms with Gasteiger partial charge in [-0.3, -0.25) is 0 Å². The van der Waals surface area contributed by atoms with Gasteiger partial charge in [-0.15, -0.1) is 0 Å². The smallest absolute Gasteiger partial charge is 0.332 e. The number of furan rings is 1. The van der Waals surface area contributed by atoms with E-state index in [0.717, 1.165) is 23.0 Å². The van der Waals surface area contributed by atoms with E-state index in [-0.39, 0.29) is 0 Å². The van der Waals surface area contributed by atoms with Crippen LogP contribution >= 0.6 is 0 Å². The second-order valence-corrected chi connectivity index (χ2v) is 3.93. The summed E-state index contributed by atoms with van der Waals surface area (Å²) in [5, 5.41) is 4.97. The van der Waals surface area contributed by atoms with Crippen LogP contribution in [-0.4, -0.2) is 11.7 Å². The first-order valence-electron chi connectivity index (χ1n) is 5.74. The van der Waals surface area contributed by atoms with Gasteiger partial charge in [0.15, 0.2) is 5.76 Å². The first-order chi connectivity index (χ1) is 8.63. The van der Waals surface area contributed by atoms with E-state index in [1.54, 1.807) is 6.92 Å². The van der Waals surface area contributed by atoms with E-state index >= 15 is 0 Å². The number of aryl methyl sites for hydroxylation is 1. The largest absolute Gasteiger partial charge is 0.454 e. The van der Waals surface area contributed by atoms with E-state index < -0.39 is 6.03 Å². The predicted octanol–water partition coefficient (Wildman–Crippen LogP) is 2.39. The van der Waals surface area contributed by atoms with Gasteiger partial charge in [-0.05, 0) is 19.4 Å². The second-order valence-electron chi connectivity index (χ2n) is 3.93. The molecule has 0 unspecified atom stereocenters. The molecule has 0 aliphatic carbocycles. The quantitative estimate of drug-likeness (QED) is 0.643. The molecule has 18 heavy (non-hydrogen) atoms. The zero-order chi connectivity index (χ0) is 13.1. The lowest BCUT2D eigenvalue weighted by molar-refractivity contribution is 0.249. The van der Waals surface area contributed by atoms with Gasteiger partial charge in [0.2, 0.25) is 0 Å². The number of urea groups is 1. The molecule has 0 aliphatic heterocycles. The zero-order valence-electron chi connectivity index (χ0n) is 10.4. The number of hydrogen-bond donors (Lipinski definition) is 2. The van der Waals surface area contributed by atoms with Crippen LogP contribution in [0.25, 0.3) is 11.0 Å². The Kier molecular flexibility index (Phi) is 3.32. The van der Waals surface area contributed by atoms with Gasteiger partial charge in [0.05, 0.1) is 0 Å². The number of hydrazone groups is 1. The number of amides is 2. The number of benzene rings is 1. The molecule has 0 aliphatic rings. The molecular formula is C13H15N3O2. The fourth-order valence-corrected chi connectivity index (χ4v) is 1.93. The number of nitrogens with two attached hydrogens (primary N) is 1. The van der Waals surface area contributed by atoms with Crippen LogP contribution < -0.4 is 11.2 Å². The number of rotatable bonds is 3. The number of carbonyl (C=O) groups is 1. The molecule has 2 aromatic rings. The monoisotopic (exact) mass is 245 g/mol. The maximum absolute atomic E-state index is 10.6. The van der Waals surface area contributed by atoms with E-state index in [1.165, 1.54) is 0 Å². The third-order valence-electron chi connectivity index (χ3n) is 2.71. The minimum atomic E-state index is -0.691. The first kappa shape index (κ1) is 12.2. The van der Waals surface area contributed by atoms with E-state index in [2.05, 4.69) is 17.5 Å². The Bertz CT molecular complexity index is 614. The second kappa shape index (κ2) is 4.91. The number of primary amides is 1. The van der Waals surface area contributed by atoms with Crippen molar-refractivity contribution in [3.8, 4) is 0 Å². The average molecular weight is 245 g/mol. The summed E-state index contributed by atoms with van der Waals surface area (Å²) in [7, 11) is 0. The molecule has 0 saturated carbocycles. The van der Waals surface area contributed by atoms with Crippen LogP contribution in [0.1, 0.15) is 25.2 Å². The van der Waals surface area contributed by atoms with Crippen molar-refractivity contribution in [1.29, 1.82) is 0 Å². The van der Waals surface area contributed by atoms with Crippen molar-refractivity contribution in [2.75, 3.05) is 0 Å². The maximum Gasteiger partial charge on any atom is 0.332 e. The Labute approximate surface area is 105 Å². The highest BCUT2D eigenvalue weighted by Gasteiger charge is 2.14. The third-order valence-corrected chi connectivity index (χ3v) is 2.71. The molecule has 1 aromatic carbocycles. The van der Waals surface area contributed by atoms with Crippen molar-refractivity contribution in [3.63, 3.8) is 0 Å². The third kappa shape index (κ3) is 2.20. The highest BCUT2D eigenvalue weighted by molar-refractivity contribution is 6.02. The van der Waals surface area contributed by atoms with Crippen molar-refractivity contribution >= 4 is 22.7 Å². The highest BCUT2D eigenvalue weighted by atomic mass is 16.3. The van der Waals surface area contributed by atoms with Gasteiger partial charge >= 0.3 is 6.03 Å². The fourth-order valence-electron chi connectivity index (χ4n) is 1.93. The summed E-state index contributed by atoms with van der Waals surface area (Å²) in [6.45, 7) is 3.82. The Balaban J connectivity index is 2.50. The molecule has 94 valence electrons. The van der Waals surface area contributed by atoms with Gasteiger partial charge in [-0.25, -0.2) is 10.2 Å². The van der Waals surface area contributed by atoms with E-state index in [0.29, 0.717) is 11.5 Å². The Morgan fingerprint density at radius 1 is 1.44 bits per heavy atom. The summed E-state index contributed by atoms with van der Waals surface area (Å²) in [5.74, 6) is 0.687. The van der Waals surface area contributed by atoms with E-state index in [9.17, 15) is 4.79 Å². The van der Waals surface area contributed by atoms with Crippen molar-refractivity contribution in [2.24, 2.45) is 10.8 Å². The van der Waals surface area contributed by atoms with Crippen molar-refractivity contribution in [1.82, 2.24) is 5.43 Å². The number of hydrogen-bond acceptors (Lipinski definition) is 3. The molecule has 5 heteroatoms. The molecule has 0 bridgehead atoms. The van der Waals surface area contributed by atoms with Gasteiger partial charge in [0, 0.05) is 10.9 Å². The number of carbonyl (C=O) groups excluding carboxylic acids is 1. The molecule has 2 amide bonds. The summed E-state index contributed by atoms with van der Waals surface area (Å²) in [4.78, 5) is 10.6. The summed E-state index contributed by atoms with van der Waals surface area (Å²) in [6, 6.07) is 7.12. The van der Waals surface area contributed by atoms with Crippen molar-refractivity contribution in [3.05, 3.63) is 35.6 Å². The molecule has 0 atom stereocenters. The van der Waals surface area contributed by atoms with Gasteiger partial charge in [0.25, 0.3) is 0 Å².